The zero-order chi connectivity index (χ0) is 22.6. The van der Waals surface area contributed by atoms with Crippen LogP contribution in [0.4, 0.5) is 4.39 Å². The Labute approximate surface area is 182 Å². The third-order valence-electron chi connectivity index (χ3n) is 6.09. The number of aliphatic hydroxyl groups excluding tert-OH is 1. The van der Waals surface area contributed by atoms with Crippen molar-refractivity contribution < 1.29 is 31.9 Å². The van der Waals surface area contributed by atoms with E-state index in [1.165, 1.54) is 13.0 Å². The molecular weight excluding hydrogens is 423 g/mol. The predicted octanol–water partition coefficient (Wildman–Crippen LogP) is 4.50. The van der Waals surface area contributed by atoms with Crippen LogP contribution < -0.4 is 9.47 Å². The molecule has 3 rings (SSSR count). The molecule has 0 unspecified atom stereocenters. The number of rotatable bonds is 8. The van der Waals surface area contributed by atoms with Gasteiger partial charge in [-0.3, -0.25) is 4.55 Å². The lowest BCUT2D eigenvalue weighted by Crippen LogP contribution is -2.24. The molecule has 1 aliphatic rings. The highest BCUT2D eigenvalue weighted by Gasteiger charge is 2.28. The molecule has 0 aliphatic heterocycles. The fourth-order valence-electron chi connectivity index (χ4n) is 4.04. The van der Waals surface area contributed by atoms with Gasteiger partial charge in [0.05, 0.1) is 19.8 Å². The average Bonchev–Trinajstić information content (AvgIpc) is 2.77. The topological polar surface area (TPSA) is 93.1 Å². The lowest BCUT2D eigenvalue weighted by Gasteiger charge is -2.29. The van der Waals surface area contributed by atoms with Crippen molar-refractivity contribution in [2.75, 3.05) is 13.7 Å². The molecule has 1 aliphatic carbocycles. The second-order valence-electron chi connectivity index (χ2n) is 8.15. The molecule has 0 bridgehead atoms. The largest absolute Gasteiger partial charge is 0.497 e. The number of benzene rings is 2. The van der Waals surface area contributed by atoms with Gasteiger partial charge in [0.2, 0.25) is 0 Å². The molecule has 1 fully saturated rings. The van der Waals surface area contributed by atoms with Crippen molar-refractivity contribution in [2.45, 2.75) is 49.9 Å². The monoisotopic (exact) mass is 452 g/mol. The Kier molecular flexibility index (Phi) is 7.56. The van der Waals surface area contributed by atoms with Crippen LogP contribution in [0.3, 0.4) is 0 Å². The fraction of sp³-hybridized carbons (Fsp3) is 0.478. The zero-order valence-corrected chi connectivity index (χ0v) is 18.5. The summed E-state index contributed by atoms with van der Waals surface area (Å²) in [6, 6.07) is 11.4. The van der Waals surface area contributed by atoms with Crippen molar-refractivity contribution in [3.8, 4) is 11.5 Å². The summed E-state index contributed by atoms with van der Waals surface area (Å²) in [5, 5.41) is 8.89. The van der Waals surface area contributed by atoms with Crippen molar-refractivity contribution >= 4 is 10.1 Å². The van der Waals surface area contributed by atoms with Gasteiger partial charge in [0, 0.05) is 0 Å². The normalized spacial score (nSPS) is 21.3. The smallest absolute Gasteiger partial charge is 0.270 e. The van der Waals surface area contributed by atoms with Gasteiger partial charge in [-0.05, 0) is 85.9 Å². The van der Waals surface area contributed by atoms with E-state index in [4.69, 9.17) is 14.0 Å². The van der Waals surface area contributed by atoms with E-state index in [1.54, 1.807) is 43.5 Å². The van der Waals surface area contributed by atoms with E-state index in [9.17, 15) is 17.9 Å². The first-order valence-corrected chi connectivity index (χ1v) is 11.9. The van der Waals surface area contributed by atoms with Crippen molar-refractivity contribution in [3.05, 3.63) is 59.4 Å². The minimum absolute atomic E-state index is 0.159. The fourth-order valence-corrected chi connectivity index (χ4v) is 4.52. The molecule has 0 radical (unpaired) electrons. The Hall–Kier alpha value is -2.16. The molecule has 31 heavy (non-hydrogen) atoms. The van der Waals surface area contributed by atoms with Crippen LogP contribution in [-0.2, 0) is 10.1 Å². The summed E-state index contributed by atoms with van der Waals surface area (Å²) < 4.78 is 57.1. The Morgan fingerprint density at radius 1 is 1.10 bits per heavy atom. The second-order valence-corrected chi connectivity index (χ2v) is 9.93. The van der Waals surface area contributed by atoms with Crippen molar-refractivity contribution in [1.29, 1.82) is 0 Å². The first-order valence-electron chi connectivity index (χ1n) is 10.4. The highest BCUT2D eigenvalue weighted by molar-refractivity contribution is 7.86. The highest BCUT2D eigenvalue weighted by atomic mass is 32.2. The van der Waals surface area contributed by atoms with E-state index in [-0.39, 0.29) is 11.7 Å². The van der Waals surface area contributed by atoms with Crippen LogP contribution in [0.2, 0.25) is 0 Å². The van der Waals surface area contributed by atoms with Crippen molar-refractivity contribution in [1.82, 2.24) is 0 Å². The summed E-state index contributed by atoms with van der Waals surface area (Å²) in [5.74, 6) is 1.48. The SMILES string of the molecule is COc1ccc(F)c(C2CCC(COc3cccc([C@H](O)[C@H](C)S(=O)(=O)O)c3)CC2)c1. The molecule has 0 heterocycles. The van der Waals surface area contributed by atoms with Gasteiger partial charge < -0.3 is 14.6 Å². The van der Waals surface area contributed by atoms with Crippen LogP contribution in [0.1, 0.15) is 55.8 Å². The molecule has 6 nitrogen and oxygen atoms in total. The molecule has 2 aromatic carbocycles. The number of hydrogen-bond acceptors (Lipinski definition) is 5. The maximum Gasteiger partial charge on any atom is 0.270 e. The van der Waals surface area contributed by atoms with Gasteiger partial charge in [0.1, 0.15) is 22.6 Å². The Bertz CT molecular complexity index is 985. The van der Waals surface area contributed by atoms with E-state index in [0.29, 0.717) is 35.2 Å². The third kappa shape index (κ3) is 5.96. The number of methoxy groups -OCH3 is 1. The Balaban J connectivity index is 1.55. The van der Waals surface area contributed by atoms with Gasteiger partial charge in [-0.1, -0.05) is 12.1 Å². The summed E-state index contributed by atoms with van der Waals surface area (Å²) in [6.45, 7) is 1.73. The van der Waals surface area contributed by atoms with Crippen molar-refractivity contribution in [3.63, 3.8) is 0 Å². The lowest BCUT2D eigenvalue weighted by atomic mass is 9.79. The quantitative estimate of drug-likeness (QED) is 0.573. The summed E-state index contributed by atoms with van der Waals surface area (Å²) in [4.78, 5) is 0. The molecule has 2 aromatic rings. The molecule has 8 heteroatoms. The van der Waals surface area contributed by atoms with E-state index in [2.05, 4.69) is 0 Å². The molecule has 0 aromatic heterocycles. The first-order chi connectivity index (χ1) is 14.7. The lowest BCUT2D eigenvalue weighted by molar-refractivity contribution is 0.170. The standard InChI is InChI=1S/C23H29FO6S/c1-15(31(26,27)28)23(25)18-4-3-5-20(12-18)30-14-16-6-8-17(9-7-16)21-13-19(29-2)10-11-22(21)24/h3-5,10-13,15-17,23,25H,6-9,14H2,1-2H3,(H,26,27,28)/t15-,16?,17?,23+/m0/s1. The summed E-state index contributed by atoms with van der Waals surface area (Å²) in [6.07, 6.45) is 2.19. The van der Waals surface area contributed by atoms with Gasteiger partial charge in [-0.2, -0.15) is 8.42 Å². The number of ether oxygens (including phenoxy) is 2. The second kappa shape index (κ2) is 9.97. The molecule has 2 N–H and O–H groups in total. The van der Waals surface area contributed by atoms with Gasteiger partial charge in [-0.25, -0.2) is 4.39 Å². The zero-order valence-electron chi connectivity index (χ0n) is 17.7. The van der Waals surface area contributed by atoms with Gasteiger partial charge in [0.15, 0.2) is 0 Å². The molecule has 1 saturated carbocycles. The van der Waals surface area contributed by atoms with Crippen LogP contribution in [0.25, 0.3) is 0 Å². The minimum Gasteiger partial charge on any atom is -0.497 e. The highest BCUT2D eigenvalue weighted by Crippen LogP contribution is 2.38. The third-order valence-corrected chi connectivity index (χ3v) is 7.29. The molecule has 0 spiro atoms. The van der Waals surface area contributed by atoms with Crippen LogP contribution in [0.5, 0.6) is 11.5 Å². The molecule has 2 atom stereocenters. The number of hydrogen-bond donors (Lipinski definition) is 2. The van der Waals surface area contributed by atoms with Gasteiger partial charge in [0.25, 0.3) is 10.1 Å². The average molecular weight is 453 g/mol. The first kappa shape index (κ1) is 23.5. The molecule has 170 valence electrons. The van der Waals surface area contributed by atoms with Crippen LogP contribution >= 0.6 is 0 Å². The molecule has 0 amide bonds. The van der Waals surface area contributed by atoms with E-state index in [0.717, 1.165) is 25.7 Å². The Morgan fingerprint density at radius 2 is 1.81 bits per heavy atom. The van der Waals surface area contributed by atoms with E-state index >= 15 is 0 Å². The maximum absolute atomic E-state index is 14.2. The Morgan fingerprint density at radius 3 is 2.45 bits per heavy atom. The summed E-state index contributed by atoms with van der Waals surface area (Å²) >= 11 is 0. The van der Waals surface area contributed by atoms with Gasteiger partial charge >= 0.3 is 0 Å². The molecular formula is C23H29FO6S. The molecule has 0 saturated heterocycles. The predicted molar refractivity (Wildman–Crippen MR) is 116 cm³/mol. The van der Waals surface area contributed by atoms with Gasteiger partial charge in [-0.15, -0.1) is 0 Å². The van der Waals surface area contributed by atoms with Crippen LogP contribution in [0.15, 0.2) is 42.5 Å². The van der Waals surface area contributed by atoms with Crippen molar-refractivity contribution in [2.24, 2.45) is 5.92 Å². The van der Waals surface area contributed by atoms with E-state index in [1.807, 2.05) is 0 Å². The van der Waals surface area contributed by atoms with E-state index < -0.39 is 21.5 Å². The van der Waals surface area contributed by atoms with Crippen LogP contribution in [-0.4, -0.2) is 37.0 Å². The number of halogens is 1. The minimum atomic E-state index is -4.35. The van der Waals surface area contributed by atoms with Crippen LogP contribution in [0, 0.1) is 11.7 Å². The number of aliphatic hydroxyl groups is 1. The summed E-state index contributed by atoms with van der Waals surface area (Å²) in [5.41, 5.74) is 1.06. The summed E-state index contributed by atoms with van der Waals surface area (Å²) in [7, 11) is -2.78. The maximum atomic E-state index is 14.2.